The topological polar surface area (TPSA) is 93.7 Å². The zero-order valence-corrected chi connectivity index (χ0v) is 13.6. The number of rotatable bonds is 12. The number of amides is 2. The van der Waals surface area contributed by atoms with E-state index in [9.17, 15) is 14.4 Å². The maximum absolute atomic E-state index is 11.5. The lowest BCUT2D eigenvalue weighted by atomic mass is 10.1. The molecule has 0 bridgehead atoms. The molecule has 128 valence electrons. The second kappa shape index (κ2) is 14.2. The Morgan fingerprint density at radius 2 is 1.32 bits per heavy atom. The van der Waals surface area contributed by atoms with Gasteiger partial charge in [-0.25, -0.2) is 4.79 Å². The third kappa shape index (κ3) is 13.2. The van der Waals surface area contributed by atoms with Crippen molar-refractivity contribution in [2.45, 2.75) is 51.4 Å². The van der Waals surface area contributed by atoms with Crippen LogP contribution >= 0.6 is 0 Å². The maximum Gasteiger partial charge on any atom is 0.406 e. The number of unbranched alkanes of at least 4 members (excludes halogenated alkanes) is 4. The minimum Gasteiger partial charge on any atom is -0.469 e. The highest BCUT2D eigenvalue weighted by Crippen LogP contribution is 2.01. The van der Waals surface area contributed by atoms with Crippen LogP contribution < -0.4 is 10.6 Å². The van der Waals surface area contributed by atoms with Crippen LogP contribution in [0.25, 0.3) is 0 Å². The van der Waals surface area contributed by atoms with Crippen molar-refractivity contribution < 1.29 is 23.9 Å². The molecule has 2 amide bonds. The van der Waals surface area contributed by atoms with Crippen LogP contribution in [-0.4, -0.2) is 45.3 Å². The number of alkyl carbamates (subject to hydrolysis) is 1. The lowest BCUT2D eigenvalue weighted by Gasteiger charge is -2.06. The highest BCUT2D eigenvalue weighted by molar-refractivity contribution is 5.75. The lowest BCUT2D eigenvalue weighted by Crippen LogP contribution is -2.25. The van der Waals surface area contributed by atoms with Gasteiger partial charge in [-0.2, -0.15) is 0 Å². The average Bonchev–Trinajstić information content (AvgIpc) is 2.53. The molecule has 7 heteroatoms. The molecule has 0 saturated heterocycles. The Kier molecular flexibility index (Phi) is 13.0. The number of ether oxygens (including phenoxy) is 2. The summed E-state index contributed by atoms with van der Waals surface area (Å²) in [5, 5.41) is 5.45. The van der Waals surface area contributed by atoms with E-state index in [1.165, 1.54) is 14.2 Å². The quantitative estimate of drug-likeness (QED) is 0.422. The molecule has 0 aromatic heterocycles. The molecule has 0 unspecified atom stereocenters. The number of hydrogen-bond donors (Lipinski definition) is 2. The number of methoxy groups -OCH3 is 2. The molecule has 7 nitrogen and oxygen atoms in total. The molecule has 0 atom stereocenters. The van der Waals surface area contributed by atoms with Gasteiger partial charge < -0.3 is 20.1 Å². The summed E-state index contributed by atoms with van der Waals surface area (Å²) in [6, 6.07) is 0. The number of carbonyl (C=O) groups is 3. The van der Waals surface area contributed by atoms with Gasteiger partial charge in [0.15, 0.2) is 0 Å². The van der Waals surface area contributed by atoms with E-state index in [0.29, 0.717) is 25.9 Å². The summed E-state index contributed by atoms with van der Waals surface area (Å²) >= 11 is 0. The smallest absolute Gasteiger partial charge is 0.406 e. The first-order valence-electron chi connectivity index (χ1n) is 7.75. The minimum atomic E-state index is -0.426. The summed E-state index contributed by atoms with van der Waals surface area (Å²) in [4.78, 5) is 33.2. The second-order valence-electron chi connectivity index (χ2n) is 4.97. The first kappa shape index (κ1) is 20.2. The first-order chi connectivity index (χ1) is 10.6. The highest BCUT2D eigenvalue weighted by Gasteiger charge is 2.02. The summed E-state index contributed by atoms with van der Waals surface area (Å²) < 4.78 is 8.99. The van der Waals surface area contributed by atoms with Crippen LogP contribution in [0.15, 0.2) is 0 Å². The molecular weight excluding hydrogens is 288 g/mol. The fraction of sp³-hybridized carbons (Fsp3) is 0.800. The van der Waals surface area contributed by atoms with Gasteiger partial charge in [-0.15, -0.1) is 0 Å². The summed E-state index contributed by atoms with van der Waals surface area (Å²) in [6.07, 6.45) is 5.58. The molecule has 0 aromatic rings. The number of esters is 1. The number of hydrogen-bond acceptors (Lipinski definition) is 5. The molecule has 0 radical (unpaired) electrons. The zero-order chi connectivity index (χ0) is 16.6. The summed E-state index contributed by atoms with van der Waals surface area (Å²) in [6.45, 7) is 1.21. The molecular formula is C15H28N2O5. The van der Waals surface area contributed by atoms with Gasteiger partial charge >= 0.3 is 12.1 Å². The number of nitrogens with one attached hydrogen (secondary N) is 2. The Morgan fingerprint density at radius 1 is 0.727 bits per heavy atom. The van der Waals surface area contributed by atoms with E-state index in [0.717, 1.165) is 38.5 Å². The first-order valence-corrected chi connectivity index (χ1v) is 7.75. The predicted octanol–water partition coefficient (Wildman–Crippen LogP) is 1.75. The van der Waals surface area contributed by atoms with Crippen molar-refractivity contribution in [2.75, 3.05) is 27.3 Å². The van der Waals surface area contributed by atoms with Crippen molar-refractivity contribution in [1.82, 2.24) is 10.6 Å². The van der Waals surface area contributed by atoms with Crippen molar-refractivity contribution in [2.24, 2.45) is 0 Å². The molecule has 0 rings (SSSR count). The van der Waals surface area contributed by atoms with Gasteiger partial charge in [0.05, 0.1) is 14.2 Å². The van der Waals surface area contributed by atoms with E-state index in [1.54, 1.807) is 0 Å². The van der Waals surface area contributed by atoms with E-state index in [2.05, 4.69) is 20.1 Å². The Morgan fingerprint density at radius 3 is 1.91 bits per heavy atom. The third-order valence-electron chi connectivity index (χ3n) is 3.14. The lowest BCUT2D eigenvalue weighted by molar-refractivity contribution is -0.140. The van der Waals surface area contributed by atoms with Crippen LogP contribution in [0.5, 0.6) is 0 Å². The van der Waals surface area contributed by atoms with E-state index in [-0.39, 0.29) is 11.9 Å². The van der Waals surface area contributed by atoms with Crippen molar-refractivity contribution in [3.8, 4) is 0 Å². The van der Waals surface area contributed by atoms with Crippen molar-refractivity contribution in [3.63, 3.8) is 0 Å². The van der Waals surface area contributed by atoms with Gasteiger partial charge in [0.2, 0.25) is 5.91 Å². The molecule has 22 heavy (non-hydrogen) atoms. The SMILES string of the molecule is COC(=O)CCCCCNC(=O)CCCCCNC(=O)OC. The molecule has 0 spiro atoms. The average molecular weight is 316 g/mol. The van der Waals surface area contributed by atoms with Gasteiger partial charge in [0.1, 0.15) is 0 Å². The summed E-state index contributed by atoms with van der Waals surface area (Å²) in [7, 11) is 2.71. The van der Waals surface area contributed by atoms with Crippen LogP contribution in [0.3, 0.4) is 0 Å². The predicted molar refractivity (Wildman–Crippen MR) is 82.4 cm³/mol. The molecule has 0 aliphatic rings. The van der Waals surface area contributed by atoms with Gasteiger partial charge in [0.25, 0.3) is 0 Å². The van der Waals surface area contributed by atoms with Crippen LogP contribution in [0.2, 0.25) is 0 Å². The number of carbonyl (C=O) groups excluding carboxylic acids is 3. The van der Waals surface area contributed by atoms with E-state index in [4.69, 9.17) is 0 Å². The van der Waals surface area contributed by atoms with Crippen molar-refractivity contribution in [3.05, 3.63) is 0 Å². The molecule has 0 aromatic carbocycles. The monoisotopic (exact) mass is 316 g/mol. The molecule has 0 saturated carbocycles. The fourth-order valence-electron chi connectivity index (χ4n) is 1.84. The van der Waals surface area contributed by atoms with Crippen LogP contribution in [0.1, 0.15) is 51.4 Å². The van der Waals surface area contributed by atoms with Gasteiger partial charge in [-0.3, -0.25) is 9.59 Å². The normalized spacial score (nSPS) is 9.91. The van der Waals surface area contributed by atoms with Gasteiger partial charge in [0, 0.05) is 25.9 Å². The maximum atomic E-state index is 11.5. The third-order valence-corrected chi connectivity index (χ3v) is 3.14. The Hall–Kier alpha value is -1.79. The van der Waals surface area contributed by atoms with E-state index >= 15 is 0 Å². The second-order valence-corrected chi connectivity index (χ2v) is 4.97. The molecule has 0 heterocycles. The van der Waals surface area contributed by atoms with Gasteiger partial charge in [-0.05, 0) is 25.7 Å². The van der Waals surface area contributed by atoms with E-state index < -0.39 is 6.09 Å². The zero-order valence-electron chi connectivity index (χ0n) is 13.6. The Balaban J connectivity index is 3.29. The Bertz CT molecular complexity index is 304. The van der Waals surface area contributed by atoms with Crippen LogP contribution in [0, 0.1) is 0 Å². The Labute approximate surface area is 132 Å². The molecule has 0 aliphatic heterocycles. The molecule has 2 N–H and O–H groups in total. The standard InChI is InChI=1S/C15H28N2O5/c1-21-14(19)10-6-4-7-11-16-13(18)9-5-3-8-12-17-15(20)22-2/h3-12H2,1-2H3,(H,16,18)(H,17,20). The van der Waals surface area contributed by atoms with Crippen LogP contribution in [0.4, 0.5) is 4.79 Å². The summed E-state index contributed by atoms with van der Waals surface area (Å²) in [5.41, 5.74) is 0. The highest BCUT2D eigenvalue weighted by atomic mass is 16.5. The minimum absolute atomic E-state index is 0.0499. The molecule has 0 aliphatic carbocycles. The molecule has 0 fully saturated rings. The van der Waals surface area contributed by atoms with Crippen LogP contribution in [-0.2, 0) is 19.1 Å². The van der Waals surface area contributed by atoms with Gasteiger partial charge in [-0.1, -0.05) is 12.8 Å². The van der Waals surface area contributed by atoms with Crippen molar-refractivity contribution in [1.29, 1.82) is 0 Å². The van der Waals surface area contributed by atoms with E-state index in [1.807, 2.05) is 0 Å². The largest absolute Gasteiger partial charge is 0.469 e. The summed E-state index contributed by atoms with van der Waals surface area (Å²) in [5.74, 6) is -0.139. The van der Waals surface area contributed by atoms with Crippen molar-refractivity contribution >= 4 is 18.0 Å². The fourth-order valence-corrected chi connectivity index (χ4v) is 1.84.